The second-order valence-electron chi connectivity index (χ2n) is 2.69. The predicted octanol–water partition coefficient (Wildman–Crippen LogP) is 1.48. The summed E-state index contributed by atoms with van der Waals surface area (Å²) in [6.45, 7) is 6.21. The Hall–Kier alpha value is -1.23. The Labute approximate surface area is 74.0 Å². The third kappa shape index (κ3) is 6.88. The van der Waals surface area contributed by atoms with Gasteiger partial charge < -0.3 is 5.32 Å². The fourth-order valence-electron chi connectivity index (χ4n) is 0.686. The summed E-state index contributed by atoms with van der Waals surface area (Å²) in [5.74, 6) is 5.60. The van der Waals surface area contributed by atoms with Gasteiger partial charge in [-0.15, -0.1) is 11.8 Å². The minimum absolute atomic E-state index is 0.0343. The Bertz CT molecular complexity index is 226. The van der Waals surface area contributed by atoms with Gasteiger partial charge in [0.25, 0.3) is 0 Å². The quantitative estimate of drug-likeness (QED) is 0.383. The molecule has 0 bridgehead atoms. The third-order valence-electron chi connectivity index (χ3n) is 1.15. The maximum Gasteiger partial charge on any atom is 0.243 e. The van der Waals surface area contributed by atoms with E-state index in [0.717, 1.165) is 12.0 Å². The van der Waals surface area contributed by atoms with Crippen LogP contribution in [0.2, 0.25) is 0 Å². The van der Waals surface area contributed by atoms with Gasteiger partial charge in [0.15, 0.2) is 0 Å². The highest BCUT2D eigenvalue weighted by molar-refractivity contribution is 5.87. The summed E-state index contributed by atoms with van der Waals surface area (Å²) >= 11 is 0. The van der Waals surface area contributed by atoms with Gasteiger partial charge in [-0.3, -0.25) is 4.79 Å². The number of allylic oxidation sites excluding steroid dienone is 1. The van der Waals surface area contributed by atoms with E-state index >= 15 is 0 Å². The zero-order valence-corrected chi connectivity index (χ0v) is 7.90. The van der Waals surface area contributed by atoms with E-state index in [2.05, 4.69) is 17.2 Å². The summed E-state index contributed by atoms with van der Waals surface area (Å²) < 4.78 is 0. The fourth-order valence-corrected chi connectivity index (χ4v) is 0.686. The maximum absolute atomic E-state index is 11.0. The molecular formula is C10H15NO. The van der Waals surface area contributed by atoms with Crippen molar-refractivity contribution in [3.63, 3.8) is 0 Å². The molecule has 2 heteroatoms. The Morgan fingerprint density at radius 3 is 2.67 bits per heavy atom. The van der Waals surface area contributed by atoms with Crippen molar-refractivity contribution >= 4 is 5.91 Å². The van der Waals surface area contributed by atoms with Crippen molar-refractivity contribution in [2.24, 2.45) is 0 Å². The van der Waals surface area contributed by atoms with Crippen molar-refractivity contribution in [2.75, 3.05) is 6.54 Å². The molecule has 0 heterocycles. The molecule has 0 radical (unpaired) electrons. The summed E-state index contributed by atoms with van der Waals surface area (Å²) in [6.07, 6.45) is 2.30. The van der Waals surface area contributed by atoms with Crippen molar-refractivity contribution in [3.05, 3.63) is 11.6 Å². The molecule has 0 atom stereocenters. The monoisotopic (exact) mass is 165 g/mol. The van der Waals surface area contributed by atoms with E-state index in [1.807, 2.05) is 13.8 Å². The third-order valence-corrected chi connectivity index (χ3v) is 1.15. The highest BCUT2D eigenvalue weighted by Crippen LogP contribution is 1.86. The molecule has 0 spiro atoms. The summed E-state index contributed by atoms with van der Waals surface area (Å²) in [5, 5.41) is 2.73. The molecule has 12 heavy (non-hydrogen) atoms. The average Bonchev–Trinajstić information content (AvgIpc) is 1.97. The van der Waals surface area contributed by atoms with Gasteiger partial charge in [0, 0.05) is 19.0 Å². The van der Waals surface area contributed by atoms with E-state index in [1.165, 1.54) is 0 Å². The van der Waals surface area contributed by atoms with Crippen molar-refractivity contribution in [1.29, 1.82) is 0 Å². The van der Waals surface area contributed by atoms with Crippen molar-refractivity contribution < 1.29 is 4.79 Å². The number of nitrogens with one attached hydrogen (secondary N) is 1. The van der Waals surface area contributed by atoms with Gasteiger partial charge in [-0.1, -0.05) is 5.57 Å². The average molecular weight is 165 g/mol. The molecule has 0 aromatic carbocycles. The van der Waals surface area contributed by atoms with Gasteiger partial charge in [-0.25, -0.2) is 0 Å². The van der Waals surface area contributed by atoms with Crippen LogP contribution in [-0.4, -0.2) is 12.5 Å². The van der Waals surface area contributed by atoms with Crippen LogP contribution in [0.5, 0.6) is 0 Å². The van der Waals surface area contributed by atoms with Gasteiger partial charge in [-0.2, -0.15) is 0 Å². The van der Waals surface area contributed by atoms with Crippen LogP contribution >= 0.6 is 0 Å². The largest absolute Gasteiger partial charge is 0.352 e. The zero-order chi connectivity index (χ0) is 9.40. The van der Waals surface area contributed by atoms with Crippen molar-refractivity contribution in [1.82, 2.24) is 5.32 Å². The molecule has 0 aromatic heterocycles. The Balaban J connectivity index is 3.56. The lowest BCUT2D eigenvalue weighted by molar-refractivity contribution is -0.116. The fraction of sp³-hybridized carbons (Fsp3) is 0.500. The molecule has 66 valence electrons. The molecule has 0 saturated heterocycles. The molecule has 0 aliphatic heterocycles. The van der Waals surface area contributed by atoms with E-state index in [0.29, 0.717) is 6.54 Å². The van der Waals surface area contributed by atoms with Gasteiger partial charge >= 0.3 is 0 Å². The first-order valence-electron chi connectivity index (χ1n) is 3.99. The van der Waals surface area contributed by atoms with Crippen LogP contribution in [0.4, 0.5) is 0 Å². The molecule has 0 aliphatic carbocycles. The first-order chi connectivity index (χ1) is 5.66. The van der Waals surface area contributed by atoms with Crippen LogP contribution in [0.3, 0.4) is 0 Å². The van der Waals surface area contributed by atoms with E-state index in [1.54, 1.807) is 13.0 Å². The zero-order valence-electron chi connectivity index (χ0n) is 7.90. The lowest BCUT2D eigenvalue weighted by Crippen LogP contribution is -2.21. The van der Waals surface area contributed by atoms with Crippen LogP contribution in [0, 0.1) is 11.8 Å². The number of carbonyl (C=O) groups is 1. The van der Waals surface area contributed by atoms with E-state index in [-0.39, 0.29) is 5.91 Å². The highest BCUT2D eigenvalue weighted by Gasteiger charge is 1.92. The van der Waals surface area contributed by atoms with Gasteiger partial charge in [0.2, 0.25) is 5.91 Å². The summed E-state index contributed by atoms with van der Waals surface area (Å²) in [6, 6.07) is 0. The lowest BCUT2D eigenvalue weighted by Gasteiger charge is -1.97. The van der Waals surface area contributed by atoms with Gasteiger partial charge in [0.1, 0.15) is 0 Å². The first kappa shape index (κ1) is 10.8. The summed E-state index contributed by atoms with van der Waals surface area (Å²) in [5.41, 5.74) is 1.01. The number of amides is 1. The Kier molecular flexibility index (Phi) is 5.81. The van der Waals surface area contributed by atoms with Crippen LogP contribution in [0.25, 0.3) is 0 Å². The number of rotatable bonds is 3. The SMILES string of the molecule is CC#CCCNC(=O)C=C(C)C. The van der Waals surface area contributed by atoms with E-state index < -0.39 is 0 Å². The molecular weight excluding hydrogens is 150 g/mol. The Morgan fingerprint density at radius 2 is 2.17 bits per heavy atom. The van der Waals surface area contributed by atoms with Gasteiger partial charge in [-0.05, 0) is 20.8 Å². The summed E-state index contributed by atoms with van der Waals surface area (Å²) in [7, 11) is 0. The minimum atomic E-state index is -0.0343. The van der Waals surface area contributed by atoms with E-state index in [9.17, 15) is 4.79 Å². The van der Waals surface area contributed by atoms with E-state index in [4.69, 9.17) is 0 Å². The molecule has 0 fully saturated rings. The molecule has 1 amide bonds. The number of carbonyl (C=O) groups excluding carboxylic acids is 1. The standard InChI is InChI=1S/C10H15NO/c1-4-5-6-7-11-10(12)8-9(2)3/h8H,6-7H2,1-3H3,(H,11,12). The molecule has 0 saturated carbocycles. The van der Waals surface area contributed by atoms with Crippen LogP contribution in [0.1, 0.15) is 27.2 Å². The maximum atomic E-state index is 11.0. The van der Waals surface area contributed by atoms with Gasteiger partial charge in [0.05, 0.1) is 0 Å². The summed E-state index contributed by atoms with van der Waals surface area (Å²) in [4.78, 5) is 11.0. The van der Waals surface area contributed by atoms with Crippen molar-refractivity contribution in [3.8, 4) is 11.8 Å². The predicted molar refractivity (Wildman–Crippen MR) is 50.5 cm³/mol. The smallest absolute Gasteiger partial charge is 0.243 e. The molecule has 1 N–H and O–H groups in total. The topological polar surface area (TPSA) is 29.1 Å². The van der Waals surface area contributed by atoms with Crippen LogP contribution in [-0.2, 0) is 4.79 Å². The molecule has 0 aromatic rings. The highest BCUT2D eigenvalue weighted by atomic mass is 16.1. The second-order valence-corrected chi connectivity index (χ2v) is 2.69. The Morgan fingerprint density at radius 1 is 1.50 bits per heavy atom. The first-order valence-corrected chi connectivity index (χ1v) is 3.99. The van der Waals surface area contributed by atoms with Crippen molar-refractivity contribution in [2.45, 2.75) is 27.2 Å². The number of hydrogen-bond acceptors (Lipinski definition) is 1. The second kappa shape index (κ2) is 6.48. The normalized spacial score (nSPS) is 7.92. The molecule has 0 aliphatic rings. The molecule has 0 unspecified atom stereocenters. The van der Waals surface area contributed by atoms with Crippen LogP contribution < -0.4 is 5.32 Å². The number of hydrogen-bond donors (Lipinski definition) is 1. The molecule has 2 nitrogen and oxygen atoms in total. The lowest BCUT2D eigenvalue weighted by atomic mass is 10.3. The minimum Gasteiger partial charge on any atom is -0.352 e. The van der Waals surface area contributed by atoms with Crippen LogP contribution in [0.15, 0.2) is 11.6 Å². The molecule has 0 rings (SSSR count).